The molecule has 20 heavy (non-hydrogen) atoms. The van der Waals surface area contributed by atoms with Gasteiger partial charge >= 0.3 is 0 Å². The second-order valence-corrected chi connectivity index (χ2v) is 4.91. The minimum Gasteiger partial charge on any atom is -0.493 e. The summed E-state index contributed by atoms with van der Waals surface area (Å²) in [6.07, 6.45) is 1.41. The van der Waals surface area contributed by atoms with E-state index in [1.165, 1.54) is 0 Å². The van der Waals surface area contributed by atoms with Gasteiger partial charge in [-0.3, -0.25) is 0 Å². The molecule has 1 atom stereocenters. The van der Waals surface area contributed by atoms with Crippen molar-refractivity contribution in [2.45, 2.75) is 25.0 Å². The number of rotatable bonds is 6. The first-order chi connectivity index (χ1) is 9.74. The molecule has 0 aliphatic carbocycles. The molecule has 5 heteroatoms. The Labute approximate surface area is 119 Å². The number of aliphatic hydroxyl groups is 1. The summed E-state index contributed by atoms with van der Waals surface area (Å²) in [5, 5.41) is 12.9. The van der Waals surface area contributed by atoms with E-state index in [2.05, 4.69) is 5.32 Å². The molecule has 0 radical (unpaired) electrons. The molecule has 1 aromatic rings. The van der Waals surface area contributed by atoms with Crippen molar-refractivity contribution in [3.8, 4) is 11.5 Å². The fraction of sp³-hybridized carbons (Fsp3) is 0.600. The monoisotopic (exact) mass is 281 g/mol. The van der Waals surface area contributed by atoms with E-state index in [0.29, 0.717) is 12.3 Å². The van der Waals surface area contributed by atoms with Gasteiger partial charge in [0.2, 0.25) is 0 Å². The van der Waals surface area contributed by atoms with Gasteiger partial charge in [-0.2, -0.15) is 0 Å². The lowest BCUT2D eigenvalue weighted by molar-refractivity contribution is 0.0245. The van der Waals surface area contributed by atoms with Crippen LogP contribution in [-0.2, 0) is 4.74 Å². The molecule has 2 rings (SSSR count). The summed E-state index contributed by atoms with van der Waals surface area (Å²) in [5.74, 6) is 1.38. The average molecular weight is 281 g/mol. The van der Waals surface area contributed by atoms with Crippen molar-refractivity contribution in [3.05, 3.63) is 23.8 Å². The first kappa shape index (κ1) is 15.1. The zero-order valence-electron chi connectivity index (χ0n) is 12.1. The van der Waals surface area contributed by atoms with Crippen LogP contribution in [0.3, 0.4) is 0 Å². The molecule has 1 heterocycles. The fourth-order valence-electron chi connectivity index (χ4n) is 2.27. The van der Waals surface area contributed by atoms with Crippen molar-refractivity contribution < 1.29 is 19.3 Å². The minimum atomic E-state index is -0.550. The Kier molecular flexibility index (Phi) is 5.64. The summed E-state index contributed by atoms with van der Waals surface area (Å²) in [7, 11) is 3.42. The van der Waals surface area contributed by atoms with Crippen LogP contribution in [-0.4, -0.2) is 45.1 Å². The van der Waals surface area contributed by atoms with Crippen LogP contribution in [0.4, 0.5) is 0 Å². The zero-order chi connectivity index (χ0) is 14.4. The second-order valence-electron chi connectivity index (χ2n) is 4.91. The molecular weight excluding hydrogens is 258 g/mol. The van der Waals surface area contributed by atoms with E-state index in [-0.39, 0.29) is 6.10 Å². The molecule has 0 amide bonds. The molecule has 2 N–H and O–H groups in total. The van der Waals surface area contributed by atoms with Crippen LogP contribution in [0.2, 0.25) is 0 Å². The van der Waals surface area contributed by atoms with Gasteiger partial charge in [-0.25, -0.2) is 0 Å². The molecule has 1 fully saturated rings. The summed E-state index contributed by atoms with van der Waals surface area (Å²) < 4.78 is 16.7. The molecule has 1 aliphatic heterocycles. The molecule has 0 bridgehead atoms. The molecule has 0 aromatic heterocycles. The van der Waals surface area contributed by atoms with E-state index in [1.807, 2.05) is 25.2 Å². The summed E-state index contributed by atoms with van der Waals surface area (Å²) >= 11 is 0. The fourth-order valence-corrected chi connectivity index (χ4v) is 2.27. The van der Waals surface area contributed by atoms with E-state index in [0.717, 1.165) is 37.4 Å². The van der Waals surface area contributed by atoms with Gasteiger partial charge in [0.25, 0.3) is 0 Å². The smallest absolute Gasteiger partial charge is 0.161 e. The number of benzene rings is 1. The first-order valence-electron chi connectivity index (χ1n) is 6.99. The van der Waals surface area contributed by atoms with Crippen LogP contribution in [0.5, 0.6) is 11.5 Å². The zero-order valence-corrected chi connectivity index (χ0v) is 12.1. The third-order valence-corrected chi connectivity index (χ3v) is 3.43. The highest BCUT2D eigenvalue weighted by atomic mass is 16.5. The van der Waals surface area contributed by atoms with E-state index in [1.54, 1.807) is 7.11 Å². The molecule has 1 saturated heterocycles. The molecule has 0 saturated carbocycles. The number of ether oxygens (including phenoxy) is 3. The molecular formula is C15H23NO4. The van der Waals surface area contributed by atoms with Crippen LogP contribution >= 0.6 is 0 Å². The van der Waals surface area contributed by atoms with Crippen molar-refractivity contribution in [3.63, 3.8) is 0 Å². The third-order valence-electron chi connectivity index (χ3n) is 3.43. The van der Waals surface area contributed by atoms with Crippen LogP contribution < -0.4 is 14.8 Å². The molecule has 1 unspecified atom stereocenters. The van der Waals surface area contributed by atoms with Crippen molar-refractivity contribution in [1.82, 2.24) is 5.32 Å². The van der Waals surface area contributed by atoms with Crippen molar-refractivity contribution in [2.24, 2.45) is 0 Å². The maximum atomic E-state index is 9.98. The third kappa shape index (κ3) is 3.85. The van der Waals surface area contributed by atoms with Gasteiger partial charge in [0, 0.05) is 19.4 Å². The lowest BCUT2D eigenvalue weighted by Gasteiger charge is -2.24. The number of likely N-dealkylation sites (N-methyl/N-ethyl adjacent to an activating group) is 1. The number of hydrogen-bond donors (Lipinski definition) is 2. The summed E-state index contributed by atoms with van der Waals surface area (Å²) in [6.45, 7) is 1.99. The Balaban J connectivity index is 2.08. The number of aliphatic hydroxyl groups excluding tert-OH is 1. The molecule has 1 aromatic carbocycles. The minimum absolute atomic E-state index is 0.172. The molecule has 0 spiro atoms. The van der Waals surface area contributed by atoms with E-state index < -0.39 is 6.10 Å². The predicted octanol–water partition coefficient (Wildman–Crippen LogP) is 1.51. The van der Waals surface area contributed by atoms with E-state index in [9.17, 15) is 5.11 Å². The van der Waals surface area contributed by atoms with E-state index >= 15 is 0 Å². The normalized spacial score (nSPS) is 17.8. The average Bonchev–Trinajstić information content (AvgIpc) is 2.49. The topological polar surface area (TPSA) is 60.0 Å². The molecule has 1 aliphatic rings. The van der Waals surface area contributed by atoms with E-state index in [4.69, 9.17) is 14.2 Å². The molecule has 112 valence electrons. The Morgan fingerprint density at radius 3 is 2.75 bits per heavy atom. The van der Waals surface area contributed by atoms with Crippen LogP contribution in [0.1, 0.15) is 24.5 Å². The quantitative estimate of drug-likeness (QED) is 0.827. The van der Waals surface area contributed by atoms with Crippen molar-refractivity contribution >= 4 is 0 Å². The highest BCUT2D eigenvalue weighted by Gasteiger charge is 2.18. The maximum Gasteiger partial charge on any atom is 0.161 e. The Bertz CT molecular complexity index is 418. The highest BCUT2D eigenvalue weighted by molar-refractivity contribution is 5.43. The number of methoxy groups -OCH3 is 1. The number of hydrogen-bond acceptors (Lipinski definition) is 5. The second kappa shape index (κ2) is 7.47. The summed E-state index contributed by atoms with van der Waals surface area (Å²) in [6, 6.07) is 5.57. The van der Waals surface area contributed by atoms with Crippen molar-refractivity contribution in [2.75, 3.05) is 33.9 Å². The maximum absolute atomic E-state index is 9.98. The predicted molar refractivity (Wildman–Crippen MR) is 76.3 cm³/mol. The van der Waals surface area contributed by atoms with Gasteiger partial charge in [-0.15, -0.1) is 0 Å². The lowest BCUT2D eigenvalue weighted by Crippen LogP contribution is -2.26. The van der Waals surface area contributed by atoms with Crippen LogP contribution in [0.15, 0.2) is 18.2 Å². The Hall–Kier alpha value is -1.30. The number of nitrogens with one attached hydrogen (secondary N) is 1. The summed E-state index contributed by atoms with van der Waals surface area (Å²) in [4.78, 5) is 0. The highest BCUT2D eigenvalue weighted by Crippen LogP contribution is 2.32. The Morgan fingerprint density at radius 2 is 2.10 bits per heavy atom. The lowest BCUT2D eigenvalue weighted by atomic mass is 10.1. The summed E-state index contributed by atoms with van der Waals surface area (Å²) in [5.41, 5.74) is 0.815. The van der Waals surface area contributed by atoms with Gasteiger partial charge in [-0.1, -0.05) is 6.07 Å². The Morgan fingerprint density at radius 1 is 1.35 bits per heavy atom. The SMILES string of the molecule is CNCC(O)c1ccc(OC2CCOCC2)c(OC)c1. The van der Waals surface area contributed by atoms with Crippen LogP contribution in [0.25, 0.3) is 0 Å². The van der Waals surface area contributed by atoms with Gasteiger partial charge in [0.1, 0.15) is 6.10 Å². The van der Waals surface area contributed by atoms with Crippen molar-refractivity contribution in [1.29, 1.82) is 0 Å². The van der Waals surface area contributed by atoms with Gasteiger partial charge < -0.3 is 24.6 Å². The largest absolute Gasteiger partial charge is 0.493 e. The van der Waals surface area contributed by atoms with Gasteiger partial charge in [0.15, 0.2) is 11.5 Å². The molecule has 5 nitrogen and oxygen atoms in total. The van der Waals surface area contributed by atoms with Gasteiger partial charge in [-0.05, 0) is 24.7 Å². The first-order valence-corrected chi connectivity index (χ1v) is 6.99. The standard InChI is InChI=1S/C15H23NO4/c1-16-10-13(17)11-3-4-14(15(9-11)18-2)20-12-5-7-19-8-6-12/h3-4,9,12-13,16-17H,5-8,10H2,1-2H3. The van der Waals surface area contributed by atoms with Gasteiger partial charge in [0.05, 0.1) is 26.4 Å². The van der Waals surface area contributed by atoms with Crippen LogP contribution in [0, 0.1) is 0 Å².